The van der Waals surface area contributed by atoms with Gasteiger partial charge in [0.25, 0.3) is 0 Å². The second-order valence-corrected chi connectivity index (χ2v) is 3.99. The molecule has 0 amide bonds. The summed E-state index contributed by atoms with van der Waals surface area (Å²) >= 11 is 0. The number of aromatic nitrogens is 3. The van der Waals surface area contributed by atoms with E-state index >= 15 is 0 Å². The third kappa shape index (κ3) is 1.72. The van der Waals surface area contributed by atoms with Crippen molar-refractivity contribution in [2.75, 3.05) is 7.05 Å². The van der Waals surface area contributed by atoms with E-state index in [1.54, 1.807) is 6.33 Å². The molecule has 0 aliphatic heterocycles. The van der Waals surface area contributed by atoms with Gasteiger partial charge in [0.1, 0.15) is 0 Å². The maximum absolute atomic E-state index is 11.1. The van der Waals surface area contributed by atoms with Crippen molar-refractivity contribution in [3.05, 3.63) is 40.8 Å². The molecule has 0 aliphatic carbocycles. The average molecular weight is 244 g/mol. The van der Waals surface area contributed by atoms with Crippen LogP contribution < -0.4 is 11.1 Å². The van der Waals surface area contributed by atoms with Gasteiger partial charge in [-0.1, -0.05) is 6.07 Å². The minimum absolute atomic E-state index is 0.445. The number of hydrogen-bond acceptors (Lipinski definition) is 4. The summed E-state index contributed by atoms with van der Waals surface area (Å²) in [6.45, 7) is 0.699. The Kier molecular flexibility index (Phi) is 2.49. The van der Waals surface area contributed by atoms with E-state index in [9.17, 15) is 4.79 Å². The van der Waals surface area contributed by atoms with Crippen LogP contribution >= 0.6 is 0 Å². The number of imidazole rings is 1. The Morgan fingerprint density at radius 1 is 1.44 bits per heavy atom. The maximum Gasteiger partial charge on any atom is 0.417 e. The molecule has 18 heavy (non-hydrogen) atoms. The average Bonchev–Trinajstić information content (AvgIpc) is 2.93. The Hall–Kier alpha value is -2.34. The topological polar surface area (TPSA) is 86.7 Å². The van der Waals surface area contributed by atoms with Crippen LogP contribution in [-0.4, -0.2) is 22.0 Å². The van der Waals surface area contributed by atoms with E-state index in [4.69, 9.17) is 4.42 Å². The number of fused-ring (bicyclic) bond motifs is 1. The first-order valence-corrected chi connectivity index (χ1v) is 5.58. The van der Waals surface area contributed by atoms with Crippen LogP contribution in [0.3, 0.4) is 0 Å². The number of aromatic amines is 2. The zero-order valence-electron chi connectivity index (χ0n) is 9.78. The van der Waals surface area contributed by atoms with E-state index in [0.29, 0.717) is 17.6 Å². The van der Waals surface area contributed by atoms with Gasteiger partial charge in [-0.25, -0.2) is 9.78 Å². The van der Waals surface area contributed by atoms with E-state index in [-0.39, 0.29) is 0 Å². The summed E-state index contributed by atoms with van der Waals surface area (Å²) in [6.07, 6.45) is 1.65. The molecule has 0 bridgehead atoms. The molecule has 3 aromatic rings. The predicted octanol–water partition coefficient (Wildman–Crippen LogP) is 1.23. The Morgan fingerprint density at radius 2 is 2.33 bits per heavy atom. The molecule has 6 heteroatoms. The Morgan fingerprint density at radius 3 is 3.17 bits per heavy atom. The van der Waals surface area contributed by atoms with Gasteiger partial charge in [0.15, 0.2) is 5.58 Å². The zero-order valence-corrected chi connectivity index (χ0v) is 9.78. The summed E-state index contributed by atoms with van der Waals surface area (Å²) in [4.78, 5) is 21.1. The lowest BCUT2D eigenvalue weighted by Gasteiger charge is -2.01. The molecule has 0 radical (unpaired) electrons. The van der Waals surface area contributed by atoms with Crippen LogP contribution in [0.4, 0.5) is 0 Å². The molecule has 0 saturated heterocycles. The highest BCUT2D eigenvalue weighted by Gasteiger charge is 2.09. The highest BCUT2D eigenvalue weighted by Crippen LogP contribution is 2.23. The van der Waals surface area contributed by atoms with Gasteiger partial charge in [-0.2, -0.15) is 0 Å². The van der Waals surface area contributed by atoms with Crippen molar-refractivity contribution < 1.29 is 4.42 Å². The summed E-state index contributed by atoms with van der Waals surface area (Å²) in [5.41, 5.74) is 3.99. The van der Waals surface area contributed by atoms with Crippen LogP contribution in [-0.2, 0) is 6.54 Å². The maximum atomic E-state index is 11.1. The smallest absolute Gasteiger partial charge is 0.408 e. The van der Waals surface area contributed by atoms with Gasteiger partial charge in [0.2, 0.25) is 0 Å². The fourth-order valence-corrected chi connectivity index (χ4v) is 1.97. The molecule has 2 heterocycles. The van der Waals surface area contributed by atoms with Gasteiger partial charge >= 0.3 is 5.76 Å². The lowest BCUT2D eigenvalue weighted by molar-refractivity contribution is 0.555. The molecule has 0 fully saturated rings. The molecule has 0 spiro atoms. The number of rotatable bonds is 3. The summed E-state index contributed by atoms with van der Waals surface area (Å²) in [5.74, 6) is -0.445. The van der Waals surface area contributed by atoms with Gasteiger partial charge in [-0.05, 0) is 19.2 Å². The summed E-state index contributed by atoms with van der Waals surface area (Å²) in [5, 5.41) is 3.07. The SMILES string of the molecule is CNCc1[nH]cnc1-c1ccc2[nH]c(=O)oc2c1. The van der Waals surface area contributed by atoms with Crippen LogP contribution in [0.5, 0.6) is 0 Å². The second-order valence-electron chi connectivity index (χ2n) is 3.99. The molecular formula is C12H12N4O2. The monoisotopic (exact) mass is 244 g/mol. The van der Waals surface area contributed by atoms with Gasteiger partial charge in [0.05, 0.1) is 23.2 Å². The minimum atomic E-state index is -0.445. The molecular weight excluding hydrogens is 232 g/mol. The van der Waals surface area contributed by atoms with Crippen LogP contribution in [0.15, 0.2) is 33.7 Å². The third-order valence-corrected chi connectivity index (χ3v) is 2.77. The van der Waals surface area contributed by atoms with Gasteiger partial charge < -0.3 is 14.7 Å². The van der Waals surface area contributed by atoms with E-state index in [0.717, 1.165) is 17.0 Å². The highest BCUT2D eigenvalue weighted by molar-refractivity contribution is 5.79. The first-order valence-electron chi connectivity index (χ1n) is 5.58. The predicted molar refractivity (Wildman–Crippen MR) is 67.2 cm³/mol. The molecule has 0 aliphatic rings. The normalized spacial score (nSPS) is 11.2. The summed E-state index contributed by atoms with van der Waals surface area (Å²) < 4.78 is 5.04. The fourth-order valence-electron chi connectivity index (χ4n) is 1.97. The third-order valence-electron chi connectivity index (χ3n) is 2.77. The van der Waals surface area contributed by atoms with Crippen molar-refractivity contribution in [3.8, 4) is 11.3 Å². The van der Waals surface area contributed by atoms with E-state index in [2.05, 4.69) is 20.3 Å². The molecule has 6 nitrogen and oxygen atoms in total. The minimum Gasteiger partial charge on any atom is -0.408 e. The molecule has 2 aromatic heterocycles. The molecule has 92 valence electrons. The van der Waals surface area contributed by atoms with Crippen molar-refractivity contribution in [1.82, 2.24) is 20.3 Å². The highest BCUT2D eigenvalue weighted by atomic mass is 16.4. The number of nitrogens with zero attached hydrogens (tertiary/aromatic N) is 1. The first-order chi connectivity index (χ1) is 8.78. The molecule has 3 N–H and O–H groups in total. The van der Waals surface area contributed by atoms with Crippen molar-refractivity contribution in [2.24, 2.45) is 0 Å². The second kappa shape index (κ2) is 4.15. The fraction of sp³-hybridized carbons (Fsp3) is 0.167. The van der Waals surface area contributed by atoms with Crippen molar-refractivity contribution >= 4 is 11.1 Å². The van der Waals surface area contributed by atoms with Crippen molar-refractivity contribution in [3.63, 3.8) is 0 Å². The van der Waals surface area contributed by atoms with E-state index in [1.807, 2.05) is 25.2 Å². The standard InChI is InChI=1S/C12H12N4O2/c1-13-5-9-11(15-6-14-9)7-2-3-8-10(4-7)18-12(17)16-8/h2-4,6,13H,5H2,1H3,(H,14,15)(H,16,17). The number of hydrogen-bond donors (Lipinski definition) is 3. The first kappa shape index (κ1) is 10.8. The number of benzene rings is 1. The van der Waals surface area contributed by atoms with Crippen molar-refractivity contribution in [1.29, 1.82) is 0 Å². The zero-order chi connectivity index (χ0) is 12.5. The lowest BCUT2D eigenvalue weighted by Crippen LogP contribution is -2.06. The molecule has 0 unspecified atom stereocenters. The van der Waals surface area contributed by atoms with E-state index in [1.165, 1.54) is 0 Å². The largest absolute Gasteiger partial charge is 0.417 e. The number of oxazole rings is 1. The Labute approximate surface area is 102 Å². The van der Waals surface area contributed by atoms with E-state index < -0.39 is 5.76 Å². The quantitative estimate of drug-likeness (QED) is 0.646. The molecule has 1 aromatic carbocycles. The Balaban J connectivity index is 2.12. The van der Waals surface area contributed by atoms with Crippen LogP contribution in [0.25, 0.3) is 22.4 Å². The van der Waals surface area contributed by atoms with Crippen LogP contribution in [0, 0.1) is 0 Å². The van der Waals surface area contributed by atoms with Gasteiger partial charge in [0, 0.05) is 12.1 Å². The molecule has 0 saturated carbocycles. The molecule has 0 atom stereocenters. The Bertz CT molecular complexity index is 738. The summed E-state index contributed by atoms with van der Waals surface area (Å²) in [6, 6.07) is 5.53. The van der Waals surface area contributed by atoms with Crippen molar-refractivity contribution in [2.45, 2.75) is 6.54 Å². The van der Waals surface area contributed by atoms with Crippen LogP contribution in [0.2, 0.25) is 0 Å². The molecule has 3 rings (SSSR count). The van der Waals surface area contributed by atoms with Gasteiger partial charge in [-0.15, -0.1) is 0 Å². The van der Waals surface area contributed by atoms with Gasteiger partial charge in [-0.3, -0.25) is 4.98 Å². The number of nitrogens with one attached hydrogen (secondary N) is 3. The lowest BCUT2D eigenvalue weighted by atomic mass is 10.1. The van der Waals surface area contributed by atoms with Crippen LogP contribution in [0.1, 0.15) is 5.69 Å². The number of H-pyrrole nitrogens is 2. The summed E-state index contributed by atoms with van der Waals surface area (Å²) in [7, 11) is 1.87.